The third-order valence-corrected chi connectivity index (χ3v) is 3.23. The van der Waals surface area contributed by atoms with Crippen LogP contribution in [0, 0.1) is 20.8 Å². The van der Waals surface area contributed by atoms with Crippen LogP contribution >= 0.6 is 0 Å². The molecule has 1 aromatic heterocycles. The number of nitrogens with zero attached hydrogens (tertiary/aromatic N) is 2. The van der Waals surface area contributed by atoms with E-state index in [-0.39, 0.29) is 5.56 Å². The molecule has 0 saturated carbocycles. The monoisotopic (exact) mass is 258 g/mol. The molecule has 0 unspecified atom stereocenters. The van der Waals surface area contributed by atoms with Gasteiger partial charge >= 0.3 is 0 Å². The van der Waals surface area contributed by atoms with Crippen molar-refractivity contribution in [2.45, 2.75) is 20.8 Å². The molecule has 0 N–H and O–H groups in total. The summed E-state index contributed by atoms with van der Waals surface area (Å²) < 4.78 is 6.74. The number of aryl methyl sites for hydroxylation is 4. The summed E-state index contributed by atoms with van der Waals surface area (Å²) in [5.74, 6) is 0.553. The average molecular weight is 258 g/mol. The van der Waals surface area contributed by atoms with Crippen molar-refractivity contribution in [1.29, 1.82) is 0 Å². The highest BCUT2D eigenvalue weighted by molar-refractivity contribution is 5.73. The van der Waals surface area contributed by atoms with Crippen LogP contribution in [0.2, 0.25) is 0 Å². The Balaban J connectivity index is 2.88. The third kappa shape index (κ3) is 2.26. The van der Waals surface area contributed by atoms with Crippen molar-refractivity contribution < 1.29 is 4.74 Å². The van der Waals surface area contributed by atoms with E-state index in [9.17, 15) is 4.79 Å². The molecule has 0 bridgehead atoms. The Kier molecular flexibility index (Phi) is 3.42. The topological polar surface area (TPSA) is 44.1 Å². The van der Waals surface area contributed by atoms with Crippen molar-refractivity contribution in [1.82, 2.24) is 9.78 Å². The highest BCUT2D eigenvalue weighted by Crippen LogP contribution is 2.31. The highest BCUT2D eigenvalue weighted by atomic mass is 16.5. The van der Waals surface area contributed by atoms with E-state index in [2.05, 4.69) is 5.10 Å². The number of ether oxygens (including phenoxy) is 1. The fourth-order valence-electron chi connectivity index (χ4n) is 2.25. The molecule has 2 rings (SSSR count). The van der Waals surface area contributed by atoms with Gasteiger partial charge in [-0.2, -0.15) is 5.10 Å². The zero-order valence-corrected chi connectivity index (χ0v) is 11.9. The van der Waals surface area contributed by atoms with Gasteiger partial charge in [0, 0.05) is 7.05 Å². The Morgan fingerprint density at radius 2 is 1.89 bits per heavy atom. The van der Waals surface area contributed by atoms with Gasteiger partial charge in [0.2, 0.25) is 0 Å². The Morgan fingerprint density at radius 1 is 1.21 bits per heavy atom. The second kappa shape index (κ2) is 4.88. The maximum Gasteiger partial charge on any atom is 0.278 e. The summed E-state index contributed by atoms with van der Waals surface area (Å²) in [6.45, 7) is 5.84. The lowest BCUT2D eigenvalue weighted by molar-refractivity contribution is 0.405. The largest absolute Gasteiger partial charge is 0.494 e. The quantitative estimate of drug-likeness (QED) is 0.830. The Hall–Kier alpha value is -2.10. The van der Waals surface area contributed by atoms with E-state index in [1.165, 1.54) is 4.68 Å². The van der Waals surface area contributed by atoms with Crippen LogP contribution in [0.4, 0.5) is 0 Å². The average Bonchev–Trinajstić information content (AvgIpc) is 2.36. The lowest BCUT2D eigenvalue weighted by Gasteiger charge is -2.14. The molecule has 100 valence electrons. The first-order chi connectivity index (χ1) is 8.95. The zero-order chi connectivity index (χ0) is 14.2. The van der Waals surface area contributed by atoms with Gasteiger partial charge in [0.15, 0.2) is 5.75 Å². The van der Waals surface area contributed by atoms with Crippen molar-refractivity contribution in [2.75, 3.05) is 7.11 Å². The van der Waals surface area contributed by atoms with Crippen LogP contribution < -0.4 is 10.3 Å². The molecule has 0 fully saturated rings. The fourth-order valence-corrected chi connectivity index (χ4v) is 2.25. The number of hydrogen-bond donors (Lipinski definition) is 0. The first kappa shape index (κ1) is 13.3. The van der Waals surface area contributed by atoms with Crippen LogP contribution in [-0.4, -0.2) is 16.9 Å². The second-order valence-electron chi connectivity index (χ2n) is 4.74. The van der Waals surface area contributed by atoms with E-state index >= 15 is 0 Å². The second-order valence-corrected chi connectivity index (χ2v) is 4.74. The Labute approximate surface area is 112 Å². The fraction of sp³-hybridized carbons (Fsp3) is 0.333. The number of benzene rings is 1. The molecule has 0 amide bonds. The molecule has 0 aliphatic carbocycles. The first-order valence-corrected chi connectivity index (χ1v) is 6.15. The zero-order valence-electron chi connectivity index (χ0n) is 11.9. The molecule has 0 radical (unpaired) electrons. The molecule has 0 aliphatic rings. The van der Waals surface area contributed by atoms with Crippen LogP contribution in [0.1, 0.15) is 16.8 Å². The predicted octanol–water partition coefficient (Wildman–Crippen LogP) is 2.38. The van der Waals surface area contributed by atoms with Gasteiger partial charge in [-0.1, -0.05) is 23.8 Å². The van der Waals surface area contributed by atoms with Gasteiger partial charge in [0.25, 0.3) is 5.56 Å². The van der Waals surface area contributed by atoms with Gasteiger partial charge in [-0.05, 0) is 31.9 Å². The lowest BCUT2D eigenvalue weighted by Crippen LogP contribution is -2.23. The molecular weight excluding hydrogens is 240 g/mol. The Bertz CT molecular complexity index is 687. The predicted molar refractivity (Wildman–Crippen MR) is 75.7 cm³/mol. The van der Waals surface area contributed by atoms with Gasteiger partial charge in [-0.3, -0.25) is 4.79 Å². The minimum Gasteiger partial charge on any atom is -0.494 e. The van der Waals surface area contributed by atoms with Gasteiger partial charge in [0.1, 0.15) is 5.69 Å². The SMILES string of the molecule is COc1c(C)nn(C)c(=O)c1-c1cc(C)ccc1C. The summed E-state index contributed by atoms with van der Waals surface area (Å²) in [7, 11) is 3.22. The number of aromatic nitrogens is 2. The van der Waals surface area contributed by atoms with Crippen molar-refractivity contribution in [3.8, 4) is 16.9 Å². The summed E-state index contributed by atoms with van der Waals surface area (Å²) in [5.41, 5.74) is 4.21. The van der Waals surface area contributed by atoms with Crippen molar-refractivity contribution in [3.05, 3.63) is 45.4 Å². The van der Waals surface area contributed by atoms with Crippen LogP contribution in [0.15, 0.2) is 23.0 Å². The van der Waals surface area contributed by atoms with Crippen LogP contribution in [-0.2, 0) is 7.05 Å². The molecule has 0 saturated heterocycles. The minimum absolute atomic E-state index is 0.142. The van der Waals surface area contributed by atoms with Gasteiger partial charge in [0.05, 0.1) is 12.7 Å². The summed E-state index contributed by atoms with van der Waals surface area (Å²) in [5, 5.41) is 4.16. The molecule has 2 aromatic rings. The molecule has 1 heterocycles. The highest BCUT2D eigenvalue weighted by Gasteiger charge is 2.17. The summed E-state index contributed by atoms with van der Waals surface area (Å²) >= 11 is 0. The van der Waals surface area contributed by atoms with E-state index in [0.29, 0.717) is 17.0 Å². The van der Waals surface area contributed by atoms with Crippen LogP contribution in [0.25, 0.3) is 11.1 Å². The molecule has 1 aromatic carbocycles. The van der Waals surface area contributed by atoms with E-state index < -0.39 is 0 Å². The van der Waals surface area contributed by atoms with Crippen LogP contribution in [0.5, 0.6) is 5.75 Å². The first-order valence-electron chi connectivity index (χ1n) is 6.15. The molecule has 0 aliphatic heterocycles. The molecule has 19 heavy (non-hydrogen) atoms. The maximum absolute atomic E-state index is 12.4. The van der Waals surface area contributed by atoms with Gasteiger partial charge in [-0.15, -0.1) is 0 Å². The standard InChI is InChI=1S/C15H18N2O2/c1-9-6-7-10(2)12(8-9)13-14(19-5)11(3)16-17(4)15(13)18/h6-8H,1-5H3. The smallest absolute Gasteiger partial charge is 0.278 e. The summed E-state index contributed by atoms with van der Waals surface area (Å²) in [6, 6.07) is 6.05. The minimum atomic E-state index is -0.142. The molecular formula is C15H18N2O2. The summed E-state index contributed by atoms with van der Waals surface area (Å²) in [4.78, 5) is 12.4. The Morgan fingerprint density at radius 3 is 2.53 bits per heavy atom. The number of hydrogen-bond acceptors (Lipinski definition) is 3. The molecule has 0 spiro atoms. The van der Waals surface area contributed by atoms with Crippen molar-refractivity contribution in [3.63, 3.8) is 0 Å². The van der Waals surface area contributed by atoms with Gasteiger partial charge < -0.3 is 4.74 Å². The van der Waals surface area contributed by atoms with E-state index in [1.807, 2.05) is 39.0 Å². The number of methoxy groups -OCH3 is 1. The molecule has 4 heteroatoms. The third-order valence-electron chi connectivity index (χ3n) is 3.23. The number of rotatable bonds is 2. The molecule has 4 nitrogen and oxygen atoms in total. The normalized spacial score (nSPS) is 10.6. The van der Waals surface area contributed by atoms with Gasteiger partial charge in [-0.25, -0.2) is 4.68 Å². The van der Waals surface area contributed by atoms with Crippen molar-refractivity contribution in [2.24, 2.45) is 7.05 Å². The van der Waals surface area contributed by atoms with E-state index in [4.69, 9.17) is 4.74 Å². The van der Waals surface area contributed by atoms with Crippen LogP contribution in [0.3, 0.4) is 0 Å². The van der Waals surface area contributed by atoms with Crippen molar-refractivity contribution >= 4 is 0 Å². The summed E-state index contributed by atoms with van der Waals surface area (Å²) in [6.07, 6.45) is 0. The maximum atomic E-state index is 12.4. The van der Waals surface area contributed by atoms with E-state index in [0.717, 1.165) is 16.7 Å². The molecule has 0 atom stereocenters. The van der Waals surface area contributed by atoms with E-state index in [1.54, 1.807) is 14.2 Å². The lowest BCUT2D eigenvalue weighted by atomic mass is 9.98.